The smallest absolute Gasteiger partial charge is 0.335 e. The van der Waals surface area contributed by atoms with Gasteiger partial charge in [-0.2, -0.15) is 0 Å². The van der Waals surface area contributed by atoms with Gasteiger partial charge in [-0.3, -0.25) is 0 Å². The summed E-state index contributed by atoms with van der Waals surface area (Å²) in [6.07, 6.45) is 0. The Labute approximate surface area is 151 Å². The van der Waals surface area contributed by atoms with Crippen LogP contribution in [0.1, 0.15) is 22.8 Å². The van der Waals surface area contributed by atoms with Gasteiger partial charge in [0.05, 0.1) is 37.1 Å². The number of benzene rings is 2. The van der Waals surface area contributed by atoms with Crippen LogP contribution in [0.2, 0.25) is 5.02 Å². The topological polar surface area (TPSA) is 77.0 Å². The second-order valence-corrected chi connectivity index (χ2v) is 5.52. The van der Waals surface area contributed by atoms with Gasteiger partial charge >= 0.3 is 5.97 Å². The molecule has 6 nitrogen and oxygen atoms in total. The van der Waals surface area contributed by atoms with Crippen molar-refractivity contribution in [1.29, 1.82) is 0 Å². The molecule has 2 aromatic rings. The Kier molecular flexibility index (Phi) is 6.36. The van der Waals surface area contributed by atoms with E-state index in [1.165, 1.54) is 19.2 Å². The summed E-state index contributed by atoms with van der Waals surface area (Å²) >= 11 is 6.26. The molecule has 0 saturated carbocycles. The molecule has 0 heterocycles. The number of anilines is 1. The van der Waals surface area contributed by atoms with Crippen molar-refractivity contribution in [2.75, 3.05) is 26.1 Å². The summed E-state index contributed by atoms with van der Waals surface area (Å²) in [5, 5.41) is 12.7. The zero-order chi connectivity index (χ0) is 18.4. The van der Waals surface area contributed by atoms with Crippen molar-refractivity contribution in [2.45, 2.75) is 13.5 Å². The summed E-state index contributed by atoms with van der Waals surface area (Å²) in [6.45, 7) is 2.75. The summed E-state index contributed by atoms with van der Waals surface area (Å²) in [5.41, 5.74) is 1.60. The molecule has 25 heavy (non-hydrogen) atoms. The van der Waals surface area contributed by atoms with Gasteiger partial charge in [0.25, 0.3) is 0 Å². The number of carboxylic acids is 1. The van der Waals surface area contributed by atoms with E-state index in [1.807, 2.05) is 13.0 Å². The van der Waals surface area contributed by atoms with Crippen LogP contribution in [0.4, 0.5) is 5.69 Å². The average Bonchev–Trinajstić information content (AvgIpc) is 2.61. The molecule has 0 bridgehead atoms. The van der Waals surface area contributed by atoms with E-state index in [9.17, 15) is 4.79 Å². The average molecular weight is 366 g/mol. The monoisotopic (exact) mass is 365 g/mol. The molecule has 0 radical (unpaired) electrons. The third-order valence-electron chi connectivity index (χ3n) is 3.51. The molecule has 0 unspecified atom stereocenters. The molecule has 0 amide bonds. The zero-order valence-electron chi connectivity index (χ0n) is 14.3. The number of methoxy groups -OCH3 is 2. The zero-order valence-corrected chi connectivity index (χ0v) is 15.0. The van der Waals surface area contributed by atoms with Gasteiger partial charge in [0.1, 0.15) is 5.75 Å². The van der Waals surface area contributed by atoms with E-state index in [2.05, 4.69) is 5.32 Å². The predicted molar refractivity (Wildman–Crippen MR) is 96.5 cm³/mol. The minimum Gasteiger partial charge on any atom is -0.495 e. The predicted octanol–water partition coefficient (Wildman–Crippen LogP) is 4.07. The van der Waals surface area contributed by atoms with Crippen LogP contribution < -0.4 is 19.5 Å². The highest BCUT2D eigenvalue weighted by Crippen LogP contribution is 2.37. The van der Waals surface area contributed by atoms with Crippen LogP contribution in [-0.4, -0.2) is 31.9 Å². The van der Waals surface area contributed by atoms with Crippen molar-refractivity contribution in [1.82, 2.24) is 0 Å². The van der Waals surface area contributed by atoms with Crippen molar-refractivity contribution in [3.05, 3.63) is 46.5 Å². The Morgan fingerprint density at radius 2 is 1.88 bits per heavy atom. The fourth-order valence-electron chi connectivity index (χ4n) is 2.34. The van der Waals surface area contributed by atoms with Gasteiger partial charge in [-0.1, -0.05) is 11.6 Å². The first kappa shape index (κ1) is 18.7. The molecular formula is C18H20ClNO5. The lowest BCUT2D eigenvalue weighted by molar-refractivity contribution is 0.0697. The highest BCUT2D eigenvalue weighted by molar-refractivity contribution is 6.32. The Morgan fingerprint density at radius 1 is 1.16 bits per heavy atom. The second kappa shape index (κ2) is 8.48. The van der Waals surface area contributed by atoms with Crippen LogP contribution in [0.5, 0.6) is 17.2 Å². The second-order valence-electron chi connectivity index (χ2n) is 5.12. The number of hydrogen-bond donors (Lipinski definition) is 2. The number of ether oxygens (including phenoxy) is 3. The van der Waals surface area contributed by atoms with Gasteiger partial charge in [-0.25, -0.2) is 4.79 Å². The molecule has 0 aliphatic heterocycles. The summed E-state index contributed by atoms with van der Waals surface area (Å²) < 4.78 is 16.1. The number of carboxylic acid groups (broad SMARTS) is 1. The molecule has 0 saturated heterocycles. The molecule has 2 aromatic carbocycles. The lowest BCUT2D eigenvalue weighted by atomic mass is 10.1. The summed E-state index contributed by atoms with van der Waals surface area (Å²) in [6, 6.07) is 8.21. The van der Waals surface area contributed by atoms with E-state index in [-0.39, 0.29) is 5.56 Å². The van der Waals surface area contributed by atoms with Crippen LogP contribution in [0.15, 0.2) is 30.3 Å². The first-order valence-electron chi connectivity index (χ1n) is 7.64. The molecule has 0 fully saturated rings. The fraction of sp³-hybridized carbons (Fsp3) is 0.278. The maximum absolute atomic E-state index is 11.1. The number of nitrogens with one attached hydrogen (secondary N) is 1. The number of hydrogen-bond acceptors (Lipinski definition) is 5. The minimum atomic E-state index is -1.00. The maximum Gasteiger partial charge on any atom is 0.335 e. The van der Waals surface area contributed by atoms with E-state index in [4.69, 9.17) is 30.9 Å². The summed E-state index contributed by atoms with van der Waals surface area (Å²) in [5.74, 6) is 0.587. The third kappa shape index (κ3) is 4.48. The fourth-order valence-corrected chi connectivity index (χ4v) is 2.62. The number of aromatic carboxylic acids is 1. The maximum atomic E-state index is 11.1. The van der Waals surface area contributed by atoms with Crippen molar-refractivity contribution in [3.63, 3.8) is 0 Å². The molecule has 134 valence electrons. The van der Waals surface area contributed by atoms with Gasteiger partial charge in [-0.15, -0.1) is 0 Å². The van der Waals surface area contributed by atoms with E-state index >= 15 is 0 Å². The molecular weight excluding hydrogens is 346 g/mol. The van der Waals surface area contributed by atoms with E-state index in [1.54, 1.807) is 19.2 Å². The Hall–Kier alpha value is -2.60. The quantitative estimate of drug-likeness (QED) is 0.734. The number of carbonyl (C=O) groups is 1. The SMILES string of the molecule is CCOc1c(Cl)cc(CNc2cc(C(=O)O)ccc2OC)cc1OC. The van der Waals surface area contributed by atoms with Crippen molar-refractivity contribution < 1.29 is 24.1 Å². The van der Waals surface area contributed by atoms with Crippen molar-refractivity contribution in [3.8, 4) is 17.2 Å². The van der Waals surface area contributed by atoms with Crippen molar-refractivity contribution in [2.24, 2.45) is 0 Å². The lowest BCUT2D eigenvalue weighted by Gasteiger charge is -2.15. The summed E-state index contributed by atoms with van der Waals surface area (Å²) in [4.78, 5) is 11.1. The molecule has 0 spiro atoms. The summed E-state index contributed by atoms with van der Waals surface area (Å²) in [7, 11) is 3.07. The van der Waals surface area contributed by atoms with Gasteiger partial charge in [0.15, 0.2) is 11.5 Å². The molecule has 0 aliphatic rings. The van der Waals surface area contributed by atoms with Crippen LogP contribution in [0, 0.1) is 0 Å². The van der Waals surface area contributed by atoms with Crippen LogP contribution in [0.3, 0.4) is 0 Å². The van der Waals surface area contributed by atoms with Crippen LogP contribution in [0.25, 0.3) is 0 Å². The van der Waals surface area contributed by atoms with Crippen molar-refractivity contribution >= 4 is 23.3 Å². The van der Waals surface area contributed by atoms with Gasteiger partial charge < -0.3 is 24.6 Å². The van der Waals surface area contributed by atoms with Gasteiger partial charge in [0.2, 0.25) is 0 Å². The largest absolute Gasteiger partial charge is 0.495 e. The molecule has 0 aromatic heterocycles. The first-order valence-corrected chi connectivity index (χ1v) is 8.02. The van der Waals surface area contributed by atoms with Crippen LogP contribution in [-0.2, 0) is 6.54 Å². The molecule has 7 heteroatoms. The van der Waals surface area contributed by atoms with E-state index in [0.29, 0.717) is 41.1 Å². The normalized spacial score (nSPS) is 10.2. The minimum absolute atomic E-state index is 0.172. The molecule has 2 rings (SSSR count). The van der Waals surface area contributed by atoms with E-state index < -0.39 is 5.97 Å². The van der Waals surface area contributed by atoms with Gasteiger partial charge in [0, 0.05) is 6.54 Å². The molecule has 0 aliphatic carbocycles. The third-order valence-corrected chi connectivity index (χ3v) is 3.79. The Morgan fingerprint density at radius 3 is 2.48 bits per heavy atom. The Balaban J connectivity index is 2.25. The highest BCUT2D eigenvalue weighted by Gasteiger charge is 2.13. The van der Waals surface area contributed by atoms with Gasteiger partial charge in [-0.05, 0) is 42.8 Å². The van der Waals surface area contributed by atoms with Crippen LogP contribution >= 0.6 is 11.6 Å². The lowest BCUT2D eigenvalue weighted by Crippen LogP contribution is -2.05. The number of halogens is 1. The first-order chi connectivity index (χ1) is 12.0. The highest BCUT2D eigenvalue weighted by atomic mass is 35.5. The standard InChI is InChI=1S/C18H20ClNO5/c1-4-25-17-13(19)7-11(8-16(17)24-3)10-20-14-9-12(18(21)22)5-6-15(14)23-2/h5-9,20H,4,10H2,1-3H3,(H,21,22). The Bertz CT molecular complexity index is 763. The number of rotatable bonds is 8. The van der Waals surface area contributed by atoms with E-state index in [0.717, 1.165) is 5.56 Å². The molecule has 0 atom stereocenters. The molecule has 2 N–H and O–H groups in total.